The molecule has 30 heavy (non-hydrogen) atoms. The molecule has 0 aromatic rings. The molecule has 5 fully saturated rings. The van der Waals surface area contributed by atoms with E-state index in [4.69, 9.17) is 0 Å². The van der Waals surface area contributed by atoms with Crippen LogP contribution in [-0.2, 0) is 4.79 Å². The van der Waals surface area contributed by atoms with Gasteiger partial charge in [0, 0.05) is 44.4 Å². The summed E-state index contributed by atoms with van der Waals surface area (Å²) < 4.78 is 0. The van der Waals surface area contributed by atoms with Gasteiger partial charge in [-0.05, 0) is 74.7 Å². The fourth-order valence-corrected chi connectivity index (χ4v) is 7.05. The van der Waals surface area contributed by atoms with E-state index in [-0.39, 0.29) is 11.9 Å². The van der Waals surface area contributed by atoms with Crippen LogP contribution in [0.1, 0.15) is 58.8 Å². The van der Waals surface area contributed by atoms with Crippen LogP contribution in [0.3, 0.4) is 0 Å². The highest BCUT2D eigenvalue weighted by molar-refractivity contribution is 5.82. The number of hydrogen-bond acceptors (Lipinski definition) is 5. The van der Waals surface area contributed by atoms with Gasteiger partial charge in [-0.2, -0.15) is 0 Å². The van der Waals surface area contributed by atoms with Crippen molar-refractivity contribution in [2.24, 2.45) is 29.6 Å². The predicted molar refractivity (Wildman–Crippen MR) is 120 cm³/mol. The second-order valence-corrected chi connectivity index (χ2v) is 11.3. The first kappa shape index (κ1) is 21.2. The van der Waals surface area contributed by atoms with E-state index in [9.17, 15) is 4.79 Å². The lowest BCUT2D eigenvalue weighted by molar-refractivity contribution is -0.124. The zero-order valence-corrected chi connectivity index (χ0v) is 19.0. The van der Waals surface area contributed by atoms with Gasteiger partial charge in [0.25, 0.3) is 0 Å². The number of nitrogens with zero attached hydrogens (tertiary/aromatic N) is 1. The van der Waals surface area contributed by atoms with Gasteiger partial charge in [-0.15, -0.1) is 0 Å². The first-order valence-electron chi connectivity index (χ1n) is 12.8. The molecule has 6 nitrogen and oxygen atoms in total. The largest absolute Gasteiger partial charge is 0.350 e. The number of carbonyl (C=O) groups is 1. The third-order valence-corrected chi connectivity index (χ3v) is 8.85. The summed E-state index contributed by atoms with van der Waals surface area (Å²) in [7, 11) is 0. The molecule has 170 valence electrons. The Morgan fingerprint density at radius 3 is 2.70 bits per heavy atom. The molecule has 8 atom stereocenters. The van der Waals surface area contributed by atoms with Gasteiger partial charge in [0.15, 0.2) is 0 Å². The van der Waals surface area contributed by atoms with Crippen LogP contribution in [0.2, 0.25) is 0 Å². The molecule has 0 aromatic carbocycles. The molecule has 4 N–H and O–H groups in total. The minimum Gasteiger partial charge on any atom is -0.350 e. The number of piperidine rings is 1. The fourth-order valence-electron chi connectivity index (χ4n) is 7.05. The Kier molecular flexibility index (Phi) is 6.38. The molecule has 3 saturated heterocycles. The summed E-state index contributed by atoms with van der Waals surface area (Å²) in [5, 5.41) is 14.6. The van der Waals surface area contributed by atoms with E-state index in [1.54, 1.807) is 0 Å². The lowest BCUT2D eigenvalue weighted by Crippen LogP contribution is -2.60. The Morgan fingerprint density at radius 2 is 2.00 bits per heavy atom. The first-order valence-corrected chi connectivity index (χ1v) is 12.8. The molecule has 3 aliphatic heterocycles. The van der Waals surface area contributed by atoms with Crippen molar-refractivity contribution in [2.75, 3.05) is 32.8 Å². The maximum Gasteiger partial charge on any atom is 0.237 e. The zero-order chi connectivity index (χ0) is 20.7. The lowest BCUT2D eigenvalue weighted by atomic mass is 9.78. The van der Waals surface area contributed by atoms with Gasteiger partial charge in [-0.1, -0.05) is 20.3 Å². The molecule has 2 saturated carbocycles. The number of rotatable bonds is 6. The molecule has 2 aliphatic carbocycles. The van der Waals surface area contributed by atoms with E-state index in [0.717, 1.165) is 32.1 Å². The van der Waals surface area contributed by atoms with E-state index < -0.39 is 0 Å². The Balaban J connectivity index is 1.16. The fraction of sp³-hybridized carbons (Fsp3) is 0.958. The molecule has 1 amide bonds. The summed E-state index contributed by atoms with van der Waals surface area (Å²) in [5.41, 5.74) is 0. The van der Waals surface area contributed by atoms with E-state index in [1.165, 1.54) is 51.6 Å². The Bertz CT molecular complexity index is 604. The average Bonchev–Trinajstić information content (AvgIpc) is 3.25. The zero-order valence-electron chi connectivity index (χ0n) is 19.0. The van der Waals surface area contributed by atoms with Crippen molar-refractivity contribution >= 4 is 5.91 Å². The van der Waals surface area contributed by atoms with Gasteiger partial charge >= 0.3 is 0 Å². The van der Waals surface area contributed by atoms with Crippen LogP contribution < -0.4 is 21.3 Å². The monoisotopic (exact) mass is 417 g/mol. The topological polar surface area (TPSA) is 68.4 Å². The third kappa shape index (κ3) is 4.57. The number of amides is 1. The van der Waals surface area contributed by atoms with Crippen LogP contribution in [0.4, 0.5) is 0 Å². The average molecular weight is 418 g/mol. The molecule has 3 heterocycles. The molecule has 0 radical (unpaired) electrons. The second kappa shape index (κ2) is 9.05. The predicted octanol–water partition coefficient (Wildman–Crippen LogP) is 1.52. The Morgan fingerprint density at radius 1 is 1.13 bits per heavy atom. The minimum atomic E-state index is 0.0242. The summed E-state index contributed by atoms with van der Waals surface area (Å²) in [6.07, 6.45) is 8.81. The van der Waals surface area contributed by atoms with Gasteiger partial charge in [-0.3, -0.25) is 9.69 Å². The van der Waals surface area contributed by atoms with Crippen LogP contribution in [-0.4, -0.2) is 67.8 Å². The number of fused-ring (bicyclic) bond motifs is 1. The number of carbonyl (C=O) groups excluding carboxylic acids is 1. The maximum atomic E-state index is 13.3. The molecule has 8 unspecified atom stereocenters. The van der Waals surface area contributed by atoms with E-state index >= 15 is 0 Å². The Labute approximate surface area is 182 Å². The molecule has 0 aromatic heterocycles. The van der Waals surface area contributed by atoms with E-state index in [0.29, 0.717) is 41.8 Å². The van der Waals surface area contributed by atoms with Gasteiger partial charge < -0.3 is 21.3 Å². The molecule has 5 rings (SSSR count). The quantitative estimate of drug-likeness (QED) is 0.528. The molecule has 0 bridgehead atoms. The number of hydrogen-bond donors (Lipinski definition) is 4. The highest BCUT2D eigenvalue weighted by atomic mass is 16.2. The number of nitrogens with one attached hydrogen (secondary N) is 4. The molecule has 5 aliphatic rings. The van der Waals surface area contributed by atoms with Gasteiger partial charge in [0.1, 0.15) is 0 Å². The van der Waals surface area contributed by atoms with Crippen molar-refractivity contribution in [3.63, 3.8) is 0 Å². The third-order valence-electron chi connectivity index (χ3n) is 8.85. The van der Waals surface area contributed by atoms with Gasteiger partial charge in [0.2, 0.25) is 5.91 Å². The first-order chi connectivity index (χ1) is 14.6. The molecular formula is C24H43N5O. The van der Waals surface area contributed by atoms with Crippen molar-refractivity contribution < 1.29 is 4.79 Å². The Hall–Kier alpha value is -0.690. The smallest absolute Gasteiger partial charge is 0.237 e. The molecule has 0 spiro atoms. The second-order valence-electron chi connectivity index (χ2n) is 11.3. The van der Waals surface area contributed by atoms with Crippen LogP contribution in [0.15, 0.2) is 0 Å². The van der Waals surface area contributed by atoms with Crippen LogP contribution in [0.25, 0.3) is 0 Å². The van der Waals surface area contributed by atoms with Crippen molar-refractivity contribution in [2.45, 2.75) is 83.0 Å². The summed E-state index contributed by atoms with van der Waals surface area (Å²) in [5.74, 6) is 3.71. The summed E-state index contributed by atoms with van der Waals surface area (Å²) in [4.78, 5) is 15.8. The standard InChI is InChI=1S/C24H43N5O/c1-15-4-3-5-19-11-20(27-21(15)19)24(30)28-23(18-6-7-18)22-16(2)10-17(12-26-22)13-29-9-8-25-14-29/h15-23,25-27H,3-14H2,1-2H3,(H,28,30). The SMILES string of the molecule is CC1CCCC2CC(C(=O)NC(C3CC3)C3NCC(CN4CCNC4)CC3C)NC12. The highest BCUT2D eigenvalue weighted by Gasteiger charge is 2.45. The van der Waals surface area contributed by atoms with Gasteiger partial charge in [-0.25, -0.2) is 0 Å². The van der Waals surface area contributed by atoms with Crippen LogP contribution >= 0.6 is 0 Å². The molecular weight excluding hydrogens is 374 g/mol. The maximum absolute atomic E-state index is 13.3. The lowest BCUT2D eigenvalue weighted by Gasteiger charge is -2.41. The van der Waals surface area contributed by atoms with E-state index in [1.807, 2.05) is 0 Å². The van der Waals surface area contributed by atoms with Crippen LogP contribution in [0, 0.1) is 29.6 Å². The highest BCUT2D eigenvalue weighted by Crippen LogP contribution is 2.39. The summed E-state index contributed by atoms with van der Waals surface area (Å²) in [6.45, 7) is 10.4. The van der Waals surface area contributed by atoms with Crippen molar-refractivity contribution in [3.05, 3.63) is 0 Å². The molecule has 6 heteroatoms. The van der Waals surface area contributed by atoms with Gasteiger partial charge in [0.05, 0.1) is 6.04 Å². The normalized spacial score (nSPS) is 43.3. The van der Waals surface area contributed by atoms with Crippen molar-refractivity contribution in [3.8, 4) is 0 Å². The van der Waals surface area contributed by atoms with Crippen LogP contribution in [0.5, 0.6) is 0 Å². The summed E-state index contributed by atoms with van der Waals surface area (Å²) >= 11 is 0. The minimum absolute atomic E-state index is 0.0242. The van der Waals surface area contributed by atoms with Crippen molar-refractivity contribution in [1.29, 1.82) is 0 Å². The van der Waals surface area contributed by atoms with E-state index in [2.05, 4.69) is 40.0 Å². The van der Waals surface area contributed by atoms with Crippen molar-refractivity contribution in [1.82, 2.24) is 26.2 Å². The summed E-state index contributed by atoms with van der Waals surface area (Å²) in [6, 6.07) is 1.32.